The highest BCUT2D eigenvalue weighted by Gasteiger charge is 2.43. The lowest BCUT2D eigenvalue weighted by atomic mass is 9.70. The van der Waals surface area contributed by atoms with Crippen LogP contribution in [0.4, 0.5) is 4.79 Å². The number of hydrogen-bond acceptors (Lipinski definition) is 6. The lowest BCUT2D eigenvalue weighted by Crippen LogP contribution is -2.44. The number of halogens is 1. The SMILES string of the molecule is COC(=O)[C@@H]1C[C@H](Oc2cc(CC3CCC(c4ccccc4)(N(C)C)CC3)ccc2Cl)CN1C(=O)OC(C)(C)C. The number of amides is 1. The van der Waals surface area contributed by atoms with E-state index in [1.165, 1.54) is 23.1 Å². The molecule has 0 aromatic heterocycles. The third kappa shape index (κ3) is 6.92. The Morgan fingerprint density at radius 2 is 1.75 bits per heavy atom. The maximum absolute atomic E-state index is 12.8. The van der Waals surface area contributed by atoms with Crippen LogP contribution < -0.4 is 4.74 Å². The average molecular weight is 571 g/mol. The summed E-state index contributed by atoms with van der Waals surface area (Å²) in [5.74, 6) is 0.656. The number of ether oxygens (including phenoxy) is 3. The summed E-state index contributed by atoms with van der Waals surface area (Å²) < 4.78 is 16.8. The first-order chi connectivity index (χ1) is 18.9. The number of nitrogens with zero attached hydrogens (tertiary/aromatic N) is 2. The molecule has 8 heteroatoms. The maximum atomic E-state index is 12.8. The summed E-state index contributed by atoms with van der Waals surface area (Å²) in [5, 5.41) is 0.508. The Morgan fingerprint density at radius 1 is 1.07 bits per heavy atom. The fourth-order valence-electron chi connectivity index (χ4n) is 6.14. The molecule has 2 fully saturated rings. The monoisotopic (exact) mass is 570 g/mol. The Kier molecular flexibility index (Phi) is 9.36. The van der Waals surface area contributed by atoms with Gasteiger partial charge in [-0.3, -0.25) is 9.80 Å². The highest BCUT2D eigenvalue weighted by Crippen LogP contribution is 2.44. The number of likely N-dealkylation sites (tertiary alicyclic amines) is 1. The molecule has 1 saturated carbocycles. The number of carbonyl (C=O) groups is 2. The molecule has 1 saturated heterocycles. The van der Waals surface area contributed by atoms with E-state index < -0.39 is 29.8 Å². The topological polar surface area (TPSA) is 68.3 Å². The van der Waals surface area contributed by atoms with Gasteiger partial charge in [-0.25, -0.2) is 9.59 Å². The van der Waals surface area contributed by atoms with Gasteiger partial charge in [-0.05, 0) is 96.1 Å². The van der Waals surface area contributed by atoms with Crippen LogP contribution in [-0.4, -0.2) is 67.4 Å². The van der Waals surface area contributed by atoms with Crippen molar-refractivity contribution >= 4 is 23.7 Å². The predicted molar refractivity (Wildman–Crippen MR) is 157 cm³/mol. The highest BCUT2D eigenvalue weighted by atomic mass is 35.5. The summed E-state index contributed by atoms with van der Waals surface area (Å²) in [4.78, 5) is 29.1. The van der Waals surface area contributed by atoms with Gasteiger partial charge >= 0.3 is 12.1 Å². The molecule has 0 radical (unpaired) electrons. The van der Waals surface area contributed by atoms with Gasteiger partial charge in [-0.2, -0.15) is 0 Å². The van der Waals surface area contributed by atoms with Crippen LogP contribution >= 0.6 is 11.6 Å². The second-order valence-electron chi connectivity index (χ2n) is 12.4. The van der Waals surface area contributed by atoms with Crippen LogP contribution in [-0.2, 0) is 26.2 Å². The van der Waals surface area contributed by atoms with Gasteiger partial charge in [0.25, 0.3) is 0 Å². The molecule has 0 bridgehead atoms. The third-order valence-corrected chi connectivity index (χ3v) is 8.59. The zero-order valence-corrected chi connectivity index (χ0v) is 25.4. The van der Waals surface area contributed by atoms with E-state index >= 15 is 0 Å². The van der Waals surface area contributed by atoms with Crippen LogP contribution in [0.3, 0.4) is 0 Å². The Labute approximate surface area is 243 Å². The zero-order chi connectivity index (χ0) is 29.1. The largest absolute Gasteiger partial charge is 0.487 e. The summed E-state index contributed by atoms with van der Waals surface area (Å²) in [7, 11) is 5.69. The van der Waals surface area contributed by atoms with Gasteiger partial charge in [0.1, 0.15) is 23.5 Å². The van der Waals surface area contributed by atoms with Crippen molar-refractivity contribution in [1.82, 2.24) is 9.80 Å². The molecule has 0 spiro atoms. The standard InChI is InChI=1S/C32H43ClN2O5/c1-31(2,3)40-30(37)35-21-25(20-27(35)29(36)38-6)39-28-19-23(12-13-26(28)33)18-22-14-16-32(17-15-22,34(4)5)24-10-8-7-9-11-24/h7-13,19,22,25,27H,14-18,20-21H2,1-6H3/t22?,25-,27-,32?/m0/s1. The average Bonchev–Trinajstić information content (AvgIpc) is 3.34. The van der Waals surface area contributed by atoms with E-state index in [4.69, 9.17) is 25.8 Å². The first kappa shape index (κ1) is 30.2. The van der Waals surface area contributed by atoms with Crippen molar-refractivity contribution in [3.8, 4) is 5.75 Å². The predicted octanol–water partition coefficient (Wildman–Crippen LogP) is 6.46. The van der Waals surface area contributed by atoms with E-state index in [1.54, 1.807) is 20.8 Å². The van der Waals surface area contributed by atoms with E-state index in [-0.39, 0.29) is 12.1 Å². The molecule has 40 heavy (non-hydrogen) atoms. The van der Waals surface area contributed by atoms with Crippen molar-refractivity contribution in [2.75, 3.05) is 27.7 Å². The van der Waals surface area contributed by atoms with Crippen molar-refractivity contribution in [2.24, 2.45) is 5.92 Å². The molecular formula is C32H43ClN2O5. The molecule has 7 nitrogen and oxygen atoms in total. The molecule has 1 aliphatic heterocycles. The van der Waals surface area contributed by atoms with Gasteiger partial charge in [-0.15, -0.1) is 0 Å². The van der Waals surface area contributed by atoms with E-state index in [2.05, 4.69) is 55.4 Å². The third-order valence-electron chi connectivity index (χ3n) is 8.28. The van der Waals surface area contributed by atoms with Gasteiger partial charge < -0.3 is 14.2 Å². The van der Waals surface area contributed by atoms with Crippen LogP contribution in [0.2, 0.25) is 5.02 Å². The van der Waals surface area contributed by atoms with E-state index in [0.717, 1.165) is 32.1 Å². The van der Waals surface area contributed by atoms with E-state index in [9.17, 15) is 9.59 Å². The lowest BCUT2D eigenvalue weighted by molar-refractivity contribution is -0.145. The first-order valence-electron chi connectivity index (χ1n) is 14.2. The van der Waals surface area contributed by atoms with Gasteiger partial charge in [0.05, 0.1) is 18.7 Å². The minimum atomic E-state index is -0.768. The maximum Gasteiger partial charge on any atom is 0.411 e. The molecule has 0 unspecified atom stereocenters. The minimum absolute atomic E-state index is 0.0741. The number of rotatable bonds is 7. The summed E-state index contributed by atoms with van der Waals surface area (Å²) >= 11 is 6.54. The minimum Gasteiger partial charge on any atom is -0.487 e. The molecule has 218 valence electrons. The van der Waals surface area contributed by atoms with Crippen LogP contribution in [0.15, 0.2) is 48.5 Å². The van der Waals surface area contributed by atoms with Gasteiger partial charge in [0.15, 0.2) is 0 Å². The summed E-state index contributed by atoms with van der Waals surface area (Å²) in [6.45, 7) is 5.59. The van der Waals surface area contributed by atoms with Crippen LogP contribution in [0, 0.1) is 5.92 Å². The smallest absolute Gasteiger partial charge is 0.411 e. The fraction of sp³-hybridized carbons (Fsp3) is 0.562. The molecule has 0 N–H and O–H groups in total. The fourth-order valence-corrected chi connectivity index (χ4v) is 6.31. The van der Waals surface area contributed by atoms with Gasteiger partial charge in [-0.1, -0.05) is 48.0 Å². The number of carbonyl (C=O) groups excluding carboxylic acids is 2. The molecular weight excluding hydrogens is 528 g/mol. The van der Waals surface area contributed by atoms with Gasteiger partial charge in [0.2, 0.25) is 0 Å². The molecule has 4 rings (SSSR count). The van der Waals surface area contributed by atoms with E-state index in [1.807, 2.05) is 12.1 Å². The quantitative estimate of drug-likeness (QED) is 0.356. The van der Waals surface area contributed by atoms with Crippen molar-refractivity contribution in [3.05, 3.63) is 64.7 Å². The molecule has 2 aromatic carbocycles. The van der Waals surface area contributed by atoms with Crippen molar-refractivity contribution in [2.45, 2.75) is 82.6 Å². The molecule has 1 heterocycles. The van der Waals surface area contributed by atoms with Crippen LogP contribution in [0.25, 0.3) is 0 Å². The molecule has 1 amide bonds. The highest BCUT2D eigenvalue weighted by molar-refractivity contribution is 6.32. The van der Waals surface area contributed by atoms with Crippen molar-refractivity contribution in [3.63, 3.8) is 0 Å². The summed E-state index contributed by atoms with van der Waals surface area (Å²) in [6, 6.07) is 16.0. The second-order valence-corrected chi connectivity index (χ2v) is 12.8. The Bertz CT molecular complexity index is 1170. The first-order valence-corrected chi connectivity index (χ1v) is 14.5. The van der Waals surface area contributed by atoms with Crippen molar-refractivity contribution < 1.29 is 23.8 Å². The normalized spacial score (nSPS) is 25.1. The molecule has 1 aliphatic carbocycles. The van der Waals surface area contributed by atoms with Crippen molar-refractivity contribution in [1.29, 1.82) is 0 Å². The van der Waals surface area contributed by atoms with Gasteiger partial charge in [0, 0.05) is 12.0 Å². The lowest BCUT2D eigenvalue weighted by Gasteiger charge is -2.45. The number of benzene rings is 2. The summed E-state index contributed by atoms with van der Waals surface area (Å²) in [5.41, 5.74) is 1.96. The number of methoxy groups -OCH3 is 1. The Hall–Kier alpha value is -2.77. The molecule has 2 aliphatic rings. The summed E-state index contributed by atoms with van der Waals surface area (Å²) in [6.07, 6.45) is 4.79. The van der Waals surface area contributed by atoms with Crippen LogP contribution in [0.1, 0.15) is 64.0 Å². The number of hydrogen-bond donors (Lipinski definition) is 0. The Morgan fingerprint density at radius 3 is 2.35 bits per heavy atom. The second kappa shape index (κ2) is 12.4. The number of esters is 1. The van der Waals surface area contributed by atoms with E-state index in [0.29, 0.717) is 23.1 Å². The van der Waals surface area contributed by atoms with Crippen LogP contribution in [0.5, 0.6) is 5.75 Å². The zero-order valence-electron chi connectivity index (χ0n) is 24.6. The molecule has 2 aromatic rings. The molecule has 2 atom stereocenters. The Balaban J connectivity index is 1.42.